The molecule has 5 heteroatoms. The molecule has 1 aliphatic carbocycles. The number of hydrogen-bond acceptors (Lipinski definition) is 5. The lowest BCUT2D eigenvalue weighted by molar-refractivity contribution is -0.164. The van der Waals surface area contributed by atoms with Gasteiger partial charge in [0.2, 0.25) is 0 Å². The molecule has 4 N–H and O–H groups in total. The Labute approximate surface area is 82.9 Å². The Hall–Kier alpha value is -0.650. The van der Waals surface area contributed by atoms with Gasteiger partial charge in [-0.2, -0.15) is 0 Å². The summed E-state index contributed by atoms with van der Waals surface area (Å²) in [5, 5.41) is 18.0. The van der Waals surface area contributed by atoms with Crippen molar-refractivity contribution in [3.63, 3.8) is 0 Å². The third-order valence-electron chi connectivity index (χ3n) is 2.73. The number of nitrogens with two attached hydrogens (primary N) is 1. The molecule has 0 aromatic rings. The van der Waals surface area contributed by atoms with Gasteiger partial charge >= 0.3 is 5.97 Å². The van der Waals surface area contributed by atoms with Crippen molar-refractivity contribution in [3.05, 3.63) is 0 Å². The fraction of sp³-hybridized carbons (Fsp3) is 0.889. The second kappa shape index (κ2) is 3.84. The Bertz CT molecular complexity index is 217. The van der Waals surface area contributed by atoms with Crippen LogP contribution in [0.5, 0.6) is 0 Å². The van der Waals surface area contributed by atoms with Gasteiger partial charge < -0.3 is 20.7 Å². The molecule has 0 saturated heterocycles. The summed E-state index contributed by atoms with van der Waals surface area (Å²) in [4.78, 5) is 11.4. The van der Waals surface area contributed by atoms with Gasteiger partial charge in [0.1, 0.15) is 5.54 Å². The minimum Gasteiger partial charge on any atom is -0.465 e. The molecule has 1 saturated carbocycles. The van der Waals surface area contributed by atoms with Crippen LogP contribution in [0.4, 0.5) is 0 Å². The average molecular weight is 203 g/mol. The summed E-state index contributed by atoms with van der Waals surface area (Å²) in [6, 6.07) is 0. The molecule has 0 spiro atoms. The molecule has 0 atom stereocenters. The standard InChI is InChI=1S/C9H17NO4/c1-2-14-7(13)9(10)3-8(4-9,5-11)6-12/h11-12H,2-6,10H2,1H3. The number of rotatable bonds is 4. The van der Waals surface area contributed by atoms with E-state index in [4.69, 9.17) is 20.7 Å². The van der Waals surface area contributed by atoms with E-state index in [0.29, 0.717) is 6.61 Å². The fourth-order valence-electron chi connectivity index (χ4n) is 1.98. The van der Waals surface area contributed by atoms with Gasteiger partial charge in [-0.15, -0.1) is 0 Å². The van der Waals surface area contributed by atoms with E-state index in [1.165, 1.54) is 0 Å². The Morgan fingerprint density at radius 1 is 1.43 bits per heavy atom. The minimum atomic E-state index is -1.01. The van der Waals surface area contributed by atoms with E-state index in [2.05, 4.69) is 0 Å². The molecule has 14 heavy (non-hydrogen) atoms. The zero-order chi connectivity index (χ0) is 10.8. The highest BCUT2D eigenvalue weighted by Crippen LogP contribution is 2.46. The van der Waals surface area contributed by atoms with E-state index in [-0.39, 0.29) is 26.1 Å². The largest absolute Gasteiger partial charge is 0.465 e. The highest BCUT2D eigenvalue weighted by atomic mass is 16.5. The van der Waals surface area contributed by atoms with Gasteiger partial charge in [-0.3, -0.25) is 4.79 Å². The number of ether oxygens (including phenoxy) is 1. The van der Waals surface area contributed by atoms with E-state index >= 15 is 0 Å². The lowest BCUT2D eigenvalue weighted by atomic mass is 9.58. The summed E-state index contributed by atoms with van der Waals surface area (Å²) >= 11 is 0. The summed E-state index contributed by atoms with van der Waals surface area (Å²) in [6.07, 6.45) is 0.567. The monoisotopic (exact) mass is 203 g/mol. The van der Waals surface area contributed by atoms with Crippen LogP contribution in [0.2, 0.25) is 0 Å². The maximum Gasteiger partial charge on any atom is 0.326 e. The van der Waals surface area contributed by atoms with Crippen LogP contribution in [-0.2, 0) is 9.53 Å². The zero-order valence-corrected chi connectivity index (χ0v) is 8.32. The maximum absolute atomic E-state index is 11.4. The number of hydrogen-bond donors (Lipinski definition) is 3. The normalized spacial score (nSPS) is 22.6. The predicted molar refractivity (Wildman–Crippen MR) is 49.4 cm³/mol. The van der Waals surface area contributed by atoms with Crippen LogP contribution in [-0.4, -0.2) is 41.5 Å². The molecule has 1 rings (SSSR count). The van der Waals surface area contributed by atoms with Crippen LogP contribution in [0.1, 0.15) is 19.8 Å². The third-order valence-corrected chi connectivity index (χ3v) is 2.73. The van der Waals surface area contributed by atoms with Crippen molar-refractivity contribution >= 4 is 5.97 Å². The van der Waals surface area contributed by atoms with Crippen LogP contribution in [0, 0.1) is 5.41 Å². The molecule has 5 nitrogen and oxygen atoms in total. The summed E-state index contributed by atoms with van der Waals surface area (Å²) in [5.74, 6) is -0.447. The minimum absolute atomic E-state index is 0.151. The summed E-state index contributed by atoms with van der Waals surface area (Å²) in [6.45, 7) is 1.71. The Balaban J connectivity index is 2.55. The van der Waals surface area contributed by atoms with Crippen LogP contribution in [0.3, 0.4) is 0 Å². The molecule has 0 bridgehead atoms. The fourth-order valence-corrected chi connectivity index (χ4v) is 1.98. The summed E-state index contributed by atoms with van der Waals surface area (Å²) in [5.41, 5.74) is 4.15. The van der Waals surface area contributed by atoms with Crippen molar-refractivity contribution in [2.24, 2.45) is 11.1 Å². The van der Waals surface area contributed by atoms with Crippen molar-refractivity contribution < 1.29 is 19.7 Å². The van der Waals surface area contributed by atoms with Gasteiger partial charge in [0.25, 0.3) is 0 Å². The molecule has 0 amide bonds. The second-order valence-corrected chi connectivity index (χ2v) is 4.05. The summed E-state index contributed by atoms with van der Waals surface area (Å²) < 4.78 is 4.80. The number of aliphatic hydroxyl groups is 2. The Kier molecular flexibility index (Phi) is 3.14. The van der Waals surface area contributed by atoms with Crippen molar-refractivity contribution in [2.75, 3.05) is 19.8 Å². The van der Waals surface area contributed by atoms with E-state index in [0.717, 1.165) is 0 Å². The predicted octanol–water partition coefficient (Wildman–Crippen LogP) is -0.988. The zero-order valence-electron chi connectivity index (χ0n) is 8.32. The van der Waals surface area contributed by atoms with E-state index in [1.807, 2.05) is 0 Å². The molecular formula is C9H17NO4. The molecule has 0 heterocycles. The first-order chi connectivity index (χ1) is 6.52. The van der Waals surface area contributed by atoms with Gasteiger partial charge in [-0.1, -0.05) is 0 Å². The van der Waals surface area contributed by atoms with Gasteiger partial charge in [-0.05, 0) is 19.8 Å². The summed E-state index contributed by atoms with van der Waals surface area (Å²) in [7, 11) is 0. The highest BCUT2D eigenvalue weighted by Gasteiger charge is 2.57. The van der Waals surface area contributed by atoms with Crippen molar-refractivity contribution in [3.8, 4) is 0 Å². The first-order valence-corrected chi connectivity index (χ1v) is 4.70. The first-order valence-electron chi connectivity index (χ1n) is 4.70. The third kappa shape index (κ3) is 1.75. The van der Waals surface area contributed by atoms with Crippen molar-refractivity contribution in [1.29, 1.82) is 0 Å². The van der Waals surface area contributed by atoms with Gasteiger partial charge in [0, 0.05) is 5.41 Å². The molecule has 1 fully saturated rings. The number of aliphatic hydroxyl groups excluding tert-OH is 2. The van der Waals surface area contributed by atoms with Crippen molar-refractivity contribution in [2.45, 2.75) is 25.3 Å². The topological polar surface area (TPSA) is 92.8 Å². The highest BCUT2D eigenvalue weighted by molar-refractivity contribution is 5.82. The SMILES string of the molecule is CCOC(=O)C1(N)CC(CO)(CO)C1. The molecule has 0 aromatic heterocycles. The van der Waals surface area contributed by atoms with E-state index < -0.39 is 16.9 Å². The van der Waals surface area contributed by atoms with E-state index in [1.54, 1.807) is 6.92 Å². The van der Waals surface area contributed by atoms with Crippen LogP contribution < -0.4 is 5.73 Å². The number of carbonyl (C=O) groups excluding carboxylic acids is 1. The molecule has 0 aliphatic heterocycles. The molecule has 0 unspecified atom stereocenters. The average Bonchev–Trinajstić information content (AvgIpc) is 2.13. The molecule has 0 aromatic carbocycles. The van der Waals surface area contributed by atoms with Crippen LogP contribution in [0.25, 0.3) is 0 Å². The first kappa shape index (κ1) is 11.4. The molecule has 0 radical (unpaired) electrons. The second-order valence-electron chi connectivity index (χ2n) is 4.05. The lowest BCUT2D eigenvalue weighted by Gasteiger charge is -2.50. The van der Waals surface area contributed by atoms with Crippen molar-refractivity contribution in [1.82, 2.24) is 0 Å². The van der Waals surface area contributed by atoms with Crippen LogP contribution in [0.15, 0.2) is 0 Å². The molecule has 82 valence electrons. The van der Waals surface area contributed by atoms with E-state index in [9.17, 15) is 4.79 Å². The van der Waals surface area contributed by atoms with Gasteiger partial charge in [-0.25, -0.2) is 0 Å². The Morgan fingerprint density at radius 3 is 2.29 bits per heavy atom. The van der Waals surface area contributed by atoms with Crippen LogP contribution >= 0.6 is 0 Å². The lowest BCUT2D eigenvalue weighted by Crippen LogP contribution is -2.65. The maximum atomic E-state index is 11.4. The smallest absolute Gasteiger partial charge is 0.326 e. The quantitative estimate of drug-likeness (QED) is 0.510. The number of esters is 1. The Morgan fingerprint density at radius 2 is 1.93 bits per heavy atom. The number of carbonyl (C=O) groups is 1. The van der Waals surface area contributed by atoms with Gasteiger partial charge in [0.15, 0.2) is 0 Å². The van der Waals surface area contributed by atoms with Gasteiger partial charge in [0.05, 0.1) is 19.8 Å². The molecular weight excluding hydrogens is 186 g/mol. The molecule has 1 aliphatic rings.